The van der Waals surface area contributed by atoms with Crippen LogP contribution in [0.3, 0.4) is 0 Å². The molecule has 22 heavy (non-hydrogen) atoms. The van der Waals surface area contributed by atoms with Gasteiger partial charge in [0.2, 0.25) is 0 Å². The van der Waals surface area contributed by atoms with Gasteiger partial charge in [0, 0.05) is 6.07 Å². The minimum Gasteiger partial charge on any atom is -0.507 e. The fourth-order valence-electron chi connectivity index (χ4n) is 2.96. The number of fused-ring (bicyclic) bond motifs is 1. The van der Waals surface area contributed by atoms with Crippen LogP contribution in [0.15, 0.2) is 36.4 Å². The molecular formula is C18H19NO3. The number of carbonyl (C=O) groups excluding carboxylic acids is 1. The molecule has 0 saturated carbocycles. The molecule has 0 aromatic heterocycles. The Labute approximate surface area is 129 Å². The lowest BCUT2D eigenvalue weighted by molar-refractivity contribution is 0.0934. The Hall–Kier alpha value is -2.49. The minimum absolute atomic E-state index is 0.00426. The first kappa shape index (κ1) is 14.4. The molecule has 0 spiro atoms. The molecule has 0 fully saturated rings. The molecule has 114 valence electrons. The number of benzene rings is 2. The van der Waals surface area contributed by atoms with Gasteiger partial charge in [-0.3, -0.25) is 4.79 Å². The van der Waals surface area contributed by atoms with Crippen LogP contribution in [0.2, 0.25) is 0 Å². The van der Waals surface area contributed by atoms with Gasteiger partial charge < -0.3 is 15.2 Å². The van der Waals surface area contributed by atoms with Gasteiger partial charge in [-0.2, -0.15) is 0 Å². The molecule has 0 aliphatic heterocycles. The summed E-state index contributed by atoms with van der Waals surface area (Å²) in [5.41, 5.74) is 3.97. The lowest BCUT2D eigenvalue weighted by Gasteiger charge is -2.15. The lowest BCUT2D eigenvalue weighted by atomic mass is 10.0. The van der Waals surface area contributed by atoms with Crippen molar-refractivity contribution in [2.45, 2.75) is 25.8 Å². The third-order valence-electron chi connectivity index (χ3n) is 4.13. The Balaban J connectivity index is 1.79. The van der Waals surface area contributed by atoms with E-state index >= 15 is 0 Å². The van der Waals surface area contributed by atoms with Crippen molar-refractivity contribution in [2.24, 2.45) is 0 Å². The quantitative estimate of drug-likeness (QED) is 0.915. The van der Waals surface area contributed by atoms with Gasteiger partial charge in [0.1, 0.15) is 11.5 Å². The van der Waals surface area contributed by atoms with E-state index in [1.165, 1.54) is 29.9 Å². The molecule has 2 aromatic rings. The molecule has 0 unspecified atom stereocenters. The van der Waals surface area contributed by atoms with Gasteiger partial charge in [-0.25, -0.2) is 0 Å². The molecule has 0 saturated heterocycles. The molecule has 3 rings (SSSR count). The van der Waals surface area contributed by atoms with Gasteiger partial charge >= 0.3 is 0 Å². The van der Waals surface area contributed by atoms with Crippen LogP contribution in [0.4, 0.5) is 0 Å². The Bertz CT molecular complexity index is 724. The summed E-state index contributed by atoms with van der Waals surface area (Å²) in [4.78, 5) is 12.4. The van der Waals surface area contributed by atoms with Gasteiger partial charge in [-0.05, 0) is 43.0 Å². The summed E-state index contributed by atoms with van der Waals surface area (Å²) in [6.07, 6.45) is 1.86. The predicted octanol–water partition coefficient (Wildman–Crippen LogP) is 3.13. The molecule has 0 heterocycles. The molecule has 2 aromatic carbocycles. The lowest BCUT2D eigenvalue weighted by Crippen LogP contribution is -2.27. The van der Waals surface area contributed by atoms with E-state index < -0.39 is 0 Å². The van der Waals surface area contributed by atoms with Gasteiger partial charge in [-0.15, -0.1) is 0 Å². The molecule has 1 atom stereocenters. The number of ether oxygens (including phenoxy) is 1. The van der Waals surface area contributed by atoms with E-state index in [1.54, 1.807) is 12.1 Å². The summed E-state index contributed by atoms with van der Waals surface area (Å²) < 4.78 is 5.03. The van der Waals surface area contributed by atoms with Crippen molar-refractivity contribution in [3.63, 3.8) is 0 Å². The van der Waals surface area contributed by atoms with Gasteiger partial charge in [-0.1, -0.05) is 23.8 Å². The van der Waals surface area contributed by atoms with E-state index in [0.29, 0.717) is 5.75 Å². The van der Waals surface area contributed by atoms with Crippen molar-refractivity contribution in [3.05, 3.63) is 58.7 Å². The zero-order chi connectivity index (χ0) is 15.7. The van der Waals surface area contributed by atoms with Crippen LogP contribution >= 0.6 is 0 Å². The number of amides is 1. The zero-order valence-corrected chi connectivity index (χ0v) is 12.7. The van der Waals surface area contributed by atoms with Crippen LogP contribution in [0.1, 0.15) is 39.5 Å². The number of aromatic hydroxyl groups is 1. The predicted molar refractivity (Wildman–Crippen MR) is 84.4 cm³/mol. The highest BCUT2D eigenvalue weighted by atomic mass is 16.5. The van der Waals surface area contributed by atoms with Crippen LogP contribution < -0.4 is 10.1 Å². The Morgan fingerprint density at radius 1 is 1.27 bits per heavy atom. The highest BCUT2D eigenvalue weighted by Gasteiger charge is 2.25. The summed E-state index contributed by atoms with van der Waals surface area (Å²) in [6, 6.07) is 11.0. The van der Waals surface area contributed by atoms with Crippen molar-refractivity contribution in [3.8, 4) is 11.5 Å². The molecule has 0 radical (unpaired) electrons. The molecule has 1 aliphatic carbocycles. The summed E-state index contributed by atoms with van der Waals surface area (Å²) in [5, 5.41) is 13.0. The largest absolute Gasteiger partial charge is 0.507 e. The number of nitrogens with one attached hydrogen (secondary N) is 1. The third kappa shape index (κ3) is 2.64. The van der Waals surface area contributed by atoms with E-state index in [9.17, 15) is 9.90 Å². The number of aryl methyl sites for hydroxylation is 2. The monoisotopic (exact) mass is 297 g/mol. The highest BCUT2D eigenvalue weighted by molar-refractivity contribution is 5.97. The molecule has 1 aliphatic rings. The number of hydrogen-bond donors (Lipinski definition) is 2. The molecule has 0 bridgehead atoms. The van der Waals surface area contributed by atoms with Crippen LogP contribution in [-0.2, 0) is 6.42 Å². The Kier molecular flexibility index (Phi) is 3.75. The standard InChI is InChI=1S/C18H19NO3/c1-11-3-6-14-12(9-11)4-8-16(14)19-18(21)15-7-5-13(22-2)10-17(15)20/h3,5-7,9-10,16,20H,4,8H2,1-2H3,(H,19,21)/t16-/m1/s1. The summed E-state index contributed by atoms with van der Waals surface area (Å²) in [7, 11) is 1.52. The maximum atomic E-state index is 12.4. The summed E-state index contributed by atoms with van der Waals surface area (Å²) >= 11 is 0. The van der Waals surface area contributed by atoms with E-state index in [4.69, 9.17) is 4.74 Å². The Morgan fingerprint density at radius 3 is 2.82 bits per heavy atom. The average molecular weight is 297 g/mol. The van der Waals surface area contributed by atoms with Crippen LogP contribution in [0.25, 0.3) is 0 Å². The first-order valence-electron chi connectivity index (χ1n) is 7.36. The van der Waals surface area contributed by atoms with Gasteiger partial charge in [0.05, 0.1) is 18.7 Å². The second kappa shape index (κ2) is 5.72. The number of carbonyl (C=O) groups is 1. The van der Waals surface area contributed by atoms with Crippen molar-refractivity contribution >= 4 is 5.91 Å². The maximum Gasteiger partial charge on any atom is 0.255 e. The zero-order valence-electron chi connectivity index (χ0n) is 12.7. The summed E-state index contributed by atoms with van der Waals surface area (Å²) in [5.74, 6) is 0.188. The smallest absolute Gasteiger partial charge is 0.255 e. The first-order chi connectivity index (χ1) is 10.6. The SMILES string of the molecule is COc1ccc(C(=O)N[C@@H]2CCc3cc(C)ccc32)c(O)c1. The first-order valence-corrected chi connectivity index (χ1v) is 7.36. The summed E-state index contributed by atoms with van der Waals surface area (Å²) in [6.45, 7) is 2.07. The maximum absolute atomic E-state index is 12.4. The molecular weight excluding hydrogens is 278 g/mol. The number of rotatable bonds is 3. The molecule has 4 nitrogen and oxygen atoms in total. The average Bonchev–Trinajstić information content (AvgIpc) is 2.89. The third-order valence-corrected chi connectivity index (χ3v) is 4.13. The van der Waals surface area contributed by atoms with Crippen molar-refractivity contribution in [1.29, 1.82) is 0 Å². The van der Waals surface area contributed by atoms with E-state index in [1.807, 2.05) is 0 Å². The topological polar surface area (TPSA) is 58.6 Å². The molecule has 4 heteroatoms. The molecule has 2 N–H and O–H groups in total. The number of phenols is 1. The Morgan fingerprint density at radius 2 is 2.09 bits per heavy atom. The van der Waals surface area contributed by atoms with Crippen molar-refractivity contribution < 1.29 is 14.6 Å². The van der Waals surface area contributed by atoms with E-state index in [0.717, 1.165) is 12.8 Å². The second-order valence-electron chi connectivity index (χ2n) is 5.65. The number of methoxy groups -OCH3 is 1. The van der Waals surface area contributed by atoms with Crippen LogP contribution in [0.5, 0.6) is 11.5 Å². The highest BCUT2D eigenvalue weighted by Crippen LogP contribution is 2.32. The van der Waals surface area contributed by atoms with Crippen molar-refractivity contribution in [2.75, 3.05) is 7.11 Å². The fraction of sp³-hybridized carbons (Fsp3) is 0.278. The fourth-order valence-corrected chi connectivity index (χ4v) is 2.96. The second-order valence-corrected chi connectivity index (χ2v) is 5.65. The van der Waals surface area contributed by atoms with Crippen molar-refractivity contribution in [1.82, 2.24) is 5.32 Å². The minimum atomic E-state index is -0.265. The van der Waals surface area contributed by atoms with Gasteiger partial charge in [0.25, 0.3) is 5.91 Å². The van der Waals surface area contributed by atoms with Crippen LogP contribution in [-0.4, -0.2) is 18.1 Å². The van der Waals surface area contributed by atoms with Crippen LogP contribution in [0, 0.1) is 6.92 Å². The van der Waals surface area contributed by atoms with E-state index in [2.05, 4.69) is 30.4 Å². The number of phenolic OH excluding ortho intramolecular Hbond substituents is 1. The van der Waals surface area contributed by atoms with Gasteiger partial charge in [0.15, 0.2) is 0 Å². The van der Waals surface area contributed by atoms with E-state index in [-0.39, 0.29) is 23.3 Å². The normalized spacial score (nSPS) is 16.2. The number of hydrogen-bond acceptors (Lipinski definition) is 3. The molecule has 1 amide bonds.